The number of rotatable bonds is 5. The van der Waals surface area contributed by atoms with Gasteiger partial charge in [0.25, 0.3) is 0 Å². The monoisotopic (exact) mass is 359 g/mol. The van der Waals surface area contributed by atoms with Crippen molar-refractivity contribution in [3.05, 3.63) is 84.2 Å². The number of methoxy groups -OCH3 is 1. The third kappa shape index (κ3) is 3.44. The predicted octanol–water partition coefficient (Wildman–Crippen LogP) is 5.06. The molecule has 0 aliphatic rings. The van der Waals surface area contributed by atoms with Gasteiger partial charge in [-0.15, -0.1) is 0 Å². The third-order valence-corrected chi connectivity index (χ3v) is 4.36. The van der Waals surface area contributed by atoms with Crippen LogP contribution in [0.1, 0.15) is 5.56 Å². The minimum absolute atomic E-state index is 0.344. The molecule has 0 bridgehead atoms. The molecule has 0 amide bonds. The second-order valence-electron chi connectivity index (χ2n) is 6.06. The van der Waals surface area contributed by atoms with Crippen molar-refractivity contribution in [2.45, 2.75) is 6.54 Å². The van der Waals surface area contributed by atoms with Crippen LogP contribution in [-0.2, 0) is 6.54 Å². The van der Waals surface area contributed by atoms with Crippen LogP contribution >= 0.6 is 0 Å². The highest BCUT2D eigenvalue weighted by Gasteiger charge is 2.12. The van der Waals surface area contributed by atoms with Gasteiger partial charge in [-0.25, -0.2) is 14.4 Å². The molecule has 4 aromatic rings. The molecule has 0 spiro atoms. The first-order chi connectivity index (χ1) is 13.3. The predicted molar refractivity (Wildman–Crippen MR) is 105 cm³/mol. The van der Waals surface area contributed by atoms with Crippen molar-refractivity contribution in [3.8, 4) is 17.1 Å². The number of anilines is 1. The highest BCUT2D eigenvalue weighted by atomic mass is 19.1. The summed E-state index contributed by atoms with van der Waals surface area (Å²) in [4.78, 5) is 9.14. The zero-order valence-corrected chi connectivity index (χ0v) is 14.8. The van der Waals surface area contributed by atoms with Gasteiger partial charge in [0, 0.05) is 17.5 Å². The molecule has 0 aliphatic heterocycles. The van der Waals surface area contributed by atoms with Gasteiger partial charge in [0.05, 0.1) is 18.2 Å². The van der Waals surface area contributed by atoms with E-state index < -0.39 is 0 Å². The lowest BCUT2D eigenvalue weighted by Crippen LogP contribution is -2.05. The number of hydrogen-bond donors (Lipinski definition) is 1. The first kappa shape index (κ1) is 17.0. The summed E-state index contributed by atoms with van der Waals surface area (Å²) in [5.74, 6) is 1.47. The summed E-state index contributed by atoms with van der Waals surface area (Å²) in [6.45, 7) is 0.529. The average molecular weight is 359 g/mol. The summed E-state index contributed by atoms with van der Waals surface area (Å²) >= 11 is 0. The molecule has 0 fully saturated rings. The molecular weight excluding hydrogens is 341 g/mol. The molecule has 1 heterocycles. The van der Waals surface area contributed by atoms with Crippen molar-refractivity contribution >= 4 is 16.7 Å². The van der Waals surface area contributed by atoms with Crippen LogP contribution in [0.15, 0.2) is 72.8 Å². The van der Waals surface area contributed by atoms with Gasteiger partial charge in [-0.1, -0.05) is 42.5 Å². The molecule has 0 atom stereocenters. The Morgan fingerprint density at radius 2 is 1.63 bits per heavy atom. The maximum absolute atomic E-state index is 14.2. The van der Waals surface area contributed by atoms with Gasteiger partial charge < -0.3 is 10.1 Å². The highest BCUT2D eigenvalue weighted by molar-refractivity contribution is 5.90. The first-order valence-corrected chi connectivity index (χ1v) is 8.63. The zero-order valence-electron chi connectivity index (χ0n) is 14.8. The largest absolute Gasteiger partial charge is 0.496 e. The number of para-hydroxylation sites is 2. The lowest BCUT2D eigenvalue weighted by atomic mass is 10.1. The van der Waals surface area contributed by atoms with Gasteiger partial charge in [0.2, 0.25) is 0 Å². The molecule has 3 aromatic carbocycles. The minimum atomic E-state index is -0.344. The number of aromatic nitrogens is 2. The van der Waals surface area contributed by atoms with Gasteiger partial charge in [-0.05, 0) is 30.3 Å². The Morgan fingerprint density at radius 3 is 2.48 bits per heavy atom. The van der Waals surface area contributed by atoms with Gasteiger partial charge in [0.1, 0.15) is 17.4 Å². The average Bonchev–Trinajstić information content (AvgIpc) is 2.72. The fourth-order valence-corrected chi connectivity index (χ4v) is 3.00. The molecule has 4 nitrogen and oxygen atoms in total. The number of benzene rings is 3. The standard InChI is InChI=1S/C22H18FN3O/c1-27-20-13-7-2-8-15(20)14-24-21-17-10-4-6-12-19(17)25-22(26-21)16-9-3-5-11-18(16)23/h2-13H,14H2,1H3,(H,24,25,26). The van der Waals surface area contributed by atoms with E-state index in [0.717, 1.165) is 22.2 Å². The Morgan fingerprint density at radius 1 is 0.889 bits per heavy atom. The first-order valence-electron chi connectivity index (χ1n) is 8.63. The minimum Gasteiger partial charge on any atom is -0.496 e. The summed E-state index contributed by atoms with van der Waals surface area (Å²) in [7, 11) is 1.65. The van der Waals surface area contributed by atoms with Crippen LogP contribution in [0.25, 0.3) is 22.3 Å². The molecule has 0 unspecified atom stereocenters. The molecule has 0 radical (unpaired) electrons. The summed E-state index contributed by atoms with van der Waals surface area (Å²) in [6.07, 6.45) is 0. The number of hydrogen-bond acceptors (Lipinski definition) is 4. The van der Waals surface area contributed by atoms with E-state index in [1.165, 1.54) is 6.07 Å². The van der Waals surface area contributed by atoms with Crippen molar-refractivity contribution in [1.82, 2.24) is 9.97 Å². The SMILES string of the molecule is COc1ccccc1CNc1nc(-c2ccccc2F)nc2ccccc12. The van der Waals surface area contributed by atoms with E-state index >= 15 is 0 Å². The molecule has 5 heteroatoms. The van der Waals surface area contributed by atoms with Crippen LogP contribution in [0.4, 0.5) is 10.2 Å². The second-order valence-corrected chi connectivity index (χ2v) is 6.06. The Hall–Kier alpha value is -3.47. The molecule has 0 saturated heterocycles. The fraction of sp³-hybridized carbons (Fsp3) is 0.0909. The van der Waals surface area contributed by atoms with E-state index in [4.69, 9.17) is 4.74 Å². The Bertz CT molecular complexity index is 1100. The Balaban J connectivity index is 1.76. The molecule has 0 saturated carbocycles. The van der Waals surface area contributed by atoms with Crippen LogP contribution < -0.4 is 10.1 Å². The van der Waals surface area contributed by atoms with Crippen LogP contribution in [0.5, 0.6) is 5.75 Å². The number of fused-ring (bicyclic) bond motifs is 1. The van der Waals surface area contributed by atoms with Gasteiger partial charge in [-0.2, -0.15) is 0 Å². The second kappa shape index (κ2) is 7.41. The van der Waals surface area contributed by atoms with Crippen molar-refractivity contribution < 1.29 is 9.13 Å². The van der Waals surface area contributed by atoms with E-state index in [1.54, 1.807) is 25.3 Å². The van der Waals surface area contributed by atoms with E-state index in [1.807, 2.05) is 48.5 Å². The normalized spacial score (nSPS) is 10.7. The topological polar surface area (TPSA) is 47.0 Å². The number of halogens is 1. The van der Waals surface area contributed by atoms with E-state index in [-0.39, 0.29) is 5.82 Å². The van der Waals surface area contributed by atoms with Crippen molar-refractivity contribution in [2.24, 2.45) is 0 Å². The summed E-state index contributed by atoms with van der Waals surface area (Å²) in [5, 5.41) is 4.24. The molecule has 4 rings (SSSR count). The van der Waals surface area contributed by atoms with E-state index in [0.29, 0.717) is 23.8 Å². The lowest BCUT2D eigenvalue weighted by Gasteiger charge is -2.13. The van der Waals surface area contributed by atoms with Crippen molar-refractivity contribution in [2.75, 3.05) is 12.4 Å². The van der Waals surface area contributed by atoms with Gasteiger partial charge in [0.15, 0.2) is 5.82 Å². The fourth-order valence-electron chi connectivity index (χ4n) is 3.00. The summed E-state index contributed by atoms with van der Waals surface area (Å²) in [5.41, 5.74) is 2.15. The highest BCUT2D eigenvalue weighted by Crippen LogP contribution is 2.27. The number of ether oxygens (including phenoxy) is 1. The number of nitrogens with zero attached hydrogens (tertiary/aromatic N) is 2. The maximum Gasteiger partial charge on any atom is 0.165 e. The van der Waals surface area contributed by atoms with Crippen molar-refractivity contribution in [1.29, 1.82) is 0 Å². The third-order valence-electron chi connectivity index (χ3n) is 4.36. The molecule has 1 N–H and O–H groups in total. The Labute approximate surface area is 156 Å². The zero-order chi connectivity index (χ0) is 18.6. The Kier molecular flexibility index (Phi) is 4.66. The summed E-state index contributed by atoms with van der Waals surface area (Å²) in [6, 6.07) is 22.0. The van der Waals surface area contributed by atoms with Gasteiger partial charge in [-0.3, -0.25) is 0 Å². The van der Waals surface area contributed by atoms with Gasteiger partial charge >= 0.3 is 0 Å². The van der Waals surface area contributed by atoms with Crippen LogP contribution in [0.2, 0.25) is 0 Å². The molecule has 1 aromatic heterocycles. The quantitative estimate of drug-likeness (QED) is 0.541. The molecular formula is C22H18FN3O. The molecule has 0 aliphatic carbocycles. The van der Waals surface area contributed by atoms with Crippen LogP contribution in [0, 0.1) is 5.82 Å². The molecule has 27 heavy (non-hydrogen) atoms. The maximum atomic E-state index is 14.2. The van der Waals surface area contributed by atoms with E-state index in [9.17, 15) is 4.39 Å². The van der Waals surface area contributed by atoms with Crippen LogP contribution in [0.3, 0.4) is 0 Å². The molecule has 134 valence electrons. The smallest absolute Gasteiger partial charge is 0.165 e. The van der Waals surface area contributed by atoms with E-state index in [2.05, 4.69) is 15.3 Å². The number of nitrogens with one attached hydrogen (secondary N) is 1. The van der Waals surface area contributed by atoms with Crippen molar-refractivity contribution in [3.63, 3.8) is 0 Å². The van der Waals surface area contributed by atoms with Crippen LogP contribution in [-0.4, -0.2) is 17.1 Å². The lowest BCUT2D eigenvalue weighted by molar-refractivity contribution is 0.410. The summed E-state index contributed by atoms with van der Waals surface area (Å²) < 4.78 is 19.6.